The second kappa shape index (κ2) is 5.42. The van der Waals surface area contributed by atoms with Crippen molar-refractivity contribution < 1.29 is 37.3 Å². The fourth-order valence-electron chi connectivity index (χ4n) is 1.63. The van der Waals surface area contributed by atoms with E-state index in [0.29, 0.717) is 0 Å². The summed E-state index contributed by atoms with van der Waals surface area (Å²) in [6.07, 6.45) is -6.45. The molecule has 0 saturated carbocycles. The fraction of sp³-hybridized carbons (Fsp3) is 0.778. The lowest BCUT2D eigenvalue weighted by atomic mass is 10.2. The molecule has 0 aromatic carbocycles. The number of carbonyl (C=O) groups is 2. The van der Waals surface area contributed by atoms with Crippen LogP contribution in [0.25, 0.3) is 0 Å². The van der Waals surface area contributed by atoms with Crippen LogP contribution in [0.4, 0.5) is 18.0 Å². The average molecular weight is 271 g/mol. The van der Waals surface area contributed by atoms with Gasteiger partial charge in [-0.25, -0.2) is 9.59 Å². The van der Waals surface area contributed by atoms with E-state index in [1.807, 2.05) is 0 Å². The van der Waals surface area contributed by atoms with Crippen LogP contribution in [0.5, 0.6) is 0 Å². The van der Waals surface area contributed by atoms with Crippen molar-refractivity contribution in [3.8, 4) is 0 Å². The number of likely N-dealkylation sites (tertiary alicyclic amines) is 1. The number of hydrogen-bond donors (Lipinski definition) is 1. The van der Waals surface area contributed by atoms with Crippen molar-refractivity contribution in [2.75, 3.05) is 20.3 Å². The monoisotopic (exact) mass is 271 g/mol. The maximum Gasteiger partial charge on any atom is 0.422 e. The van der Waals surface area contributed by atoms with Gasteiger partial charge in [0.1, 0.15) is 6.04 Å². The zero-order valence-electron chi connectivity index (χ0n) is 9.44. The Morgan fingerprint density at radius 2 is 2.06 bits per heavy atom. The van der Waals surface area contributed by atoms with Gasteiger partial charge in [0.05, 0.1) is 12.6 Å². The van der Waals surface area contributed by atoms with Crippen LogP contribution in [0.2, 0.25) is 0 Å². The predicted octanol–water partition coefficient (Wildman–Crippen LogP) is 0.859. The standard InChI is InChI=1S/C9H12F3NO5/c1-17-5-2-6(7(14)15)13(3-5)8(16)18-4-9(10,11)12/h5-6H,2-4H2,1H3,(H,14,15). The Labute approximate surface area is 100 Å². The Morgan fingerprint density at radius 3 is 2.50 bits per heavy atom. The molecule has 0 aromatic heterocycles. The minimum Gasteiger partial charge on any atom is -0.480 e. The van der Waals surface area contributed by atoms with Crippen molar-refractivity contribution in [2.45, 2.75) is 24.7 Å². The molecule has 1 aliphatic heterocycles. The molecule has 0 bridgehead atoms. The molecule has 18 heavy (non-hydrogen) atoms. The minimum atomic E-state index is -4.64. The molecular weight excluding hydrogens is 259 g/mol. The first-order chi connectivity index (χ1) is 8.24. The molecule has 0 radical (unpaired) electrons. The van der Waals surface area contributed by atoms with Gasteiger partial charge in [0, 0.05) is 13.5 Å². The normalized spacial score (nSPS) is 24.1. The average Bonchev–Trinajstić information content (AvgIpc) is 2.69. The van der Waals surface area contributed by atoms with Crippen LogP contribution >= 0.6 is 0 Å². The van der Waals surface area contributed by atoms with E-state index in [4.69, 9.17) is 9.84 Å². The first-order valence-corrected chi connectivity index (χ1v) is 5.00. The molecule has 1 aliphatic rings. The number of aliphatic carboxylic acids is 1. The first-order valence-electron chi connectivity index (χ1n) is 5.00. The number of rotatable bonds is 3. The number of halogens is 3. The zero-order valence-corrected chi connectivity index (χ0v) is 9.44. The van der Waals surface area contributed by atoms with Crippen LogP contribution in [0.3, 0.4) is 0 Å². The molecule has 104 valence electrons. The SMILES string of the molecule is COC1CC(C(=O)O)N(C(=O)OCC(F)(F)F)C1. The molecule has 1 rings (SSSR count). The Hall–Kier alpha value is -1.51. The number of carboxylic acid groups (broad SMARTS) is 1. The van der Waals surface area contributed by atoms with Crippen LogP contribution in [-0.4, -0.2) is 60.7 Å². The maximum absolute atomic E-state index is 11.9. The molecule has 1 heterocycles. The van der Waals surface area contributed by atoms with Crippen LogP contribution < -0.4 is 0 Å². The minimum absolute atomic E-state index is 0.0208. The highest BCUT2D eigenvalue weighted by molar-refractivity contribution is 5.80. The van der Waals surface area contributed by atoms with Gasteiger partial charge >= 0.3 is 18.2 Å². The summed E-state index contributed by atoms with van der Waals surface area (Å²) < 4.78 is 44.5. The zero-order chi connectivity index (χ0) is 13.9. The summed E-state index contributed by atoms with van der Waals surface area (Å²) in [4.78, 5) is 22.9. The lowest BCUT2D eigenvalue weighted by molar-refractivity contribution is -0.163. The van der Waals surface area contributed by atoms with Gasteiger partial charge < -0.3 is 14.6 Å². The summed E-state index contributed by atoms with van der Waals surface area (Å²) in [7, 11) is 1.33. The molecule has 0 spiro atoms. The predicted molar refractivity (Wildman–Crippen MR) is 50.9 cm³/mol. The van der Waals surface area contributed by atoms with E-state index in [0.717, 1.165) is 4.90 Å². The van der Waals surface area contributed by atoms with Crippen molar-refractivity contribution in [1.29, 1.82) is 0 Å². The highest BCUT2D eigenvalue weighted by Gasteiger charge is 2.41. The number of hydrogen-bond acceptors (Lipinski definition) is 4. The Morgan fingerprint density at radius 1 is 1.44 bits per heavy atom. The van der Waals surface area contributed by atoms with E-state index < -0.39 is 37.0 Å². The number of methoxy groups -OCH3 is 1. The molecule has 0 aromatic rings. The van der Waals surface area contributed by atoms with Crippen LogP contribution in [0.15, 0.2) is 0 Å². The van der Waals surface area contributed by atoms with E-state index in [1.54, 1.807) is 0 Å². The van der Waals surface area contributed by atoms with E-state index >= 15 is 0 Å². The highest BCUT2D eigenvalue weighted by atomic mass is 19.4. The fourth-order valence-corrected chi connectivity index (χ4v) is 1.63. The maximum atomic E-state index is 11.9. The van der Waals surface area contributed by atoms with Gasteiger partial charge in [0.15, 0.2) is 6.61 Å². The van der Waals surface area contributed by atoms with Crippen molar-refractivity contribution >= 4 is 12.1 Å². The van der Waals surface area contributed by atoms with Crippen molar-refractivity contribution in [1.82, 2.24) is 4.90 Å². The van der Waals surface area contributed by atoms with E-state index in [1.165, 1.54) is 7.11 Å². The van der Waals surface area contributed by atoms with Gasteiger partial charge in [-0.2, -0.15) is 13.2 Å². The third-order valence-corrected chi connectivity index (χ3v) is 2.47. The van der Waals surface area contributed by atoms with Crippen LogP contribution in [0.1, 0.15) is 6.42 Å². The lowest BCUT2D eigenvalue weighted by Crippen LogP contribution is -2.42. The number of nitrogens with zero attached hydrogens (tertiary/aromatic N) is 1. The largest absolute Gasteiger partial charge is 0.480 e. The van der Waals surface area contributed by atoms with Crippen molar-refractivity contribution in [2.24, 2.45) is 0 Å². The Kier molecular flexibility index (Phi) is 4.38. The third-order valence-electron chi connectivity index (χ3n) is 2.47. The summed E-state index contributed by atoms with van der Waals surface area (Å²) in [6, 6.07) is -1.23. The molecule has 1 saturated heterocycles. The van der Waals surface area contributed by atoms with Gasteiger partial charge in [0.2, 0.25) is 0 Å². The molecule has 6 nitrogen and oxygen atoms in total. The molecule has 0 aliphatic carbocycles. The van der Waals surface area contributed by atoms with Gasteiger partial charge in [-0.3, -0.25) is 4.90 Å². The molecule has 2 unspecified atom stereocenters. The third kappa shape index (κ3) is 3.76. The molecular formula is C9H12F3NO5. The topological polar surface area (TPSA) is 76.1 Å². The first kappa shape index (κ1) is 14.6. The number of alkyl halides is 3. The van der Waals surface area contributed by atoms with Gasteiger partial charge in [-0.1, -0.05) is 0 Å². The molecule has 1 fully saturated rings. The number of amides is 1. The van der Waals surface area contributed by atoms with E-state index in [-0.39, 0.29) is 13.0 Å². The lowest BCUT2D eigenvalue weighted by Gasteiger charge is -2.20. The van der Waals surface area contributed by atoms with E-state index in [9.17, 15) is 22.8 Å². The molecule has 2 atom stereocenters. The molecule has 9 heteroatoms. The van der Waals surface area contributed by atoms with E-state index in [2.05, 4.69) is 4.74 Å². The van der Waals surface area contributed by atoms with Crippen LogP contribution in [0, 0.1) is 0 Å². The quantitative estimate of drug-likeness (QED) is 0.823. The highest BCUT2D eigenvalue weighted by Crippen LogP contribution is 2.22. The molecule has 1 amide bonds. The summed E-state index contributed by atoms with van der Waals surface area (Å²) in [5, 5.41) is 8.85. The summed E-state index contributed by atoms with van der Waals surface area (Å²) >= 11 is 0. The summed E-state index contributed by atoms with van der Waals surface area (Å²) in [5.74, 6) is -1.31. The summed E-state index contributed by atoms with van der Waals surface area (Å²) in [5.41, 5.74) is 0. The van der Waals surface area contributed by atoms with Crippen LogP contribution in [-0.2, 0) is 14.3 Å². The number of ether oxygens (including phenoxy) is 2. The van der Waals surface area contributed by atoms with Crippen molar-refractivity contribution in [3.05, 3.63) is 0 Å². The Balaban J connectivity index is 2.62. The van der Waals surface area contributed by atoms with Gasteiger partial charge in [-0.05, 0) is 0 Å². The summed E-state index contributed by atoms with van der Waals surface area (Å²) in [6.45, 7) is -1.85. The smallest absolute Gasteiger partial charge is 0.422 e. The van der Waals surface area contributed by atoms with Crippen molar-refractivity contribution in [3.63, 3.8) is 0 Å². The van der Waals surface area contributed by atoms with Gasteiger partial charge in [0.25, 0.3) is 0 Å². The molecule has 1 N–H and O–H groups in total. The second-order valence-electron chi connectivity index (χ2n) is 3.77. The van der Waals surface area contributed by atoms with Gasteiger partial charge in [-0.15, -0.1) is 0 Å². The second-order valence-corrected chi connectivity index (χ2v) is 3.77. The number of carbonyl (C=O) groups excluding carboxylic acids is 1. The number of carboxylic acids is 1. The Bertz CT molecular complexity index is 333.